The van der Waals surface area contributed by atoms with Gasteiger partial charge in [-0.3, -0.25) is 9.78 Å². The molecule has 0 unspecified atom stereocenters. The van der Waals surface area contributed by atoms with Crippen molar-refractivity contribution in [1.82, 2.24) is 9.88 Å². The van der Waals surface area contributed by atoms with E-state index in [1.807, 2.05) is 40.1 Å². The van der Waals surface area contributed by atoms with Gasteiger partial charge in [0, 0.05) is 30.7 Å². The second-order valence-electron chi connectivity index (χ2n) is 7.64. The normalized spacial score (nSPS) is 23.0. The van der Waals surface area contributed by atoms with E-state index >= 15 is 0 Å². The summed E-state index contributed by atoms with van der Waals surface area (Å²) < 4.78 is 43.9. The van der Waals surface area contributed by atoms with Crippen LogP contribution < -0.4 is 0 Å². The average Bonchev–Trinajstić information content (AvgIpc) is 3.43. The van der Waals surface area contributed by atoms with E-state index in [4.69, 9.17) is 19.4 Å². The molecule has 0 bridgehead atoms. The van der Waals surface area contributed by atoms with Gasteiger partial charge in [0.1, 0.15) is 0 Å². The lowest BCUT2D eigenvalue weighted by atomic mass is 9.89. The molecule has 1 spiro atoms. The molecule has 2 fully saturated rings. The van der Waals surface area contributed by atoms with E-state index in [9.17, 15) is 18.0 Å². The Morgan fingerprint density at radius 2 is 2.16 bits per heavy atom. The summed E-state index contributed by atoms with van der Waals surface area (Å²) in [4.78, 5) is 27.6. The Labute approximate surface area is 186 Å². The Kier molecular flexibility index (Phi) is 7.86. The zero-order valence-corrected chi connectivity index (χ0v) is 17.9. The minimum absolute atomic E-state index is 0.0800. The fourth-order valence-electron chi connectivity index (χ4n) is 3.73. The summed E-state index contributed by atoms with van der Waals surface area (Å²) in [6.07, 6.45) is 1.40. The second-order valence-corrected chi connectivity index (χ2v) is 8.42. The average molecular weight is 472 g/mol. The molecule has 2 aliphatic rings. The van der Waals surface area contributed by atoms with Crippen molar-refractivity contribution in [3.05, 3.63) is 52.5 Å². The number of aliphatic carboxylic acids is 1. The van der Waals surface area contributed by atoms with E-state index in [0.29, 0.717) is 19.8 Å². The summed E-state index contributed by atoms with van der Waals surface area (Å²) in [6.45, 7) is 2.62. The molecule has 0 aromatic carbocycles. The lowest BCUT2D eigenvalue weighted by molar-refractivity contribution is -0.192. The number of carbonyl (C=O) groups excluding carboxylic acids is 1. The molecule has 2 atom stereocenters. The van der Waals surface area contributed by atoms with Crippen LogP contribution in [0.25, 0.3) is 0 Å². The Morgan fingerprint density at radius 1 is 1.38 bits per heavy atom. The number of carboxylic acids is 1. The van der Waals surface area contributed by atoms with Gasteiger partial charge in [0.15, 0.2) is 0 Å². The molecule has 2 aromatic heterocycles. The van der Waals surface area contributed by atoms with Gasteiger partial charge in [-0.2, -0.15) is 24.5 Å². The first-order valence-corrected chi connectivity index (χ1v) is 10.9. The zero-order chi connectivity index (χ0) is 23.2. The number of amides is 1. The van der Waals surface area contributed by atoms with E-state index in [-0.39, 0.29) is 17.6 Å². The van der Waals surface area contributed by atoms with E-state index in [0.717, 1.165) is 36.9 Å². The number of halogens is 3. The summed E-state index contributed by atoms with van der Waals surface area (Å²) in [5, 5.41) is 11.0. The summed E-state index contributed by atoms with van der Waals surface area (Å²) in [7, 11) is 0. The van der Waals surface area contributed by atoms with Gasteiger partial charge in [0.05, 0.1) is 37.0 Å². The molecule has 1 amide bonds. The predicted molar refractivity (Wildman–Crippen MR) is 109 cm³/mol. The van der Waals surface area contributed by atoms with Gasteiger partial charge in [-0.15, -0.1) is 0 Å². The van der Waals surface area contributed by atoms with Gasteiger partial charge < -0.3 is 19.5 Å². The molecule has 11 heteroatoms. The summed E-state index contributed by atoms with van der Waals surface area (Å²) >= 11 is 1.56. The number of hydrogen-bond donors (Lipinski definition) is 1. The maximum absolute atomic E-state index is 12.6. The Bertz CT molecular complexity index is 895. The van der Waals surface area contributed by atoms with Crippen LogP contribution in [-0.4, -0.2) is 64.4 Å². The number of ether oxygens (including phenoxy) is 2. The molecule has 1 N–H and O–H groups in total. The molecule has 4 heterocycles. The quantitative estimate of drug-likeness (QED) is 0.729. The number of alkyl halides is 3. The van der Waals surface area contributed by atoms with Gasteiger partial charge in [-0.05, 0) is 35.9 Å². The molecule has 7 nitrogen and oxygen atoms in total. The van der Waals surface area contributed by atoms with Crippen LogP contribution in [0.1, 0.15) is 35.2 Å². The Hall–Kier alpha value is -2.50. The molecule has 2 aromatic rings. The van der Waals surface area contributed by atoms with Crippen LogP contribution in [0.4, 0.5) is 13.2 Å². The topological polar surface area (TPSA) is 89.0 Å². The molecule has 2 saturated heterocycles. The Balaban J connectivity index is 0.000000360. The van der Waals surface area contributed by atoms with Crippen LogP contribution in [-0.2, 0) is 20.9 Å². The molecule has 0 radical (unpaired) electrons. The fraction of sp³-hybridized carbons (Fsp3) is 0.476. The largest absolute Gasteiger partial charge is 0.490 e. The first-order valence-electron chi connectivity index (χ1n) is 9.95. The number of hydrogen-bond acceptors (Lipinski definition) is 6. The standard InChI is InChI=1S/C19H22N2O3S.C2HF3O2/c22-18(16-4-8-25-13-16)21-7-2-5-19(14-21)9-17(12-24-19)23-11-15-3-1-6-20-10-15;3-2(4,5)1(6)7/h1,3-4,6,8,10,13,17H,2,5,7,9,11-12,14H2;(H,6,7)/t17-,19-;/m0./s1. The molecular weight excluding hydrogens is 449 g/mol. The monoisotopic (exact) mass is 472 g/mol. The number of piperidine rings is 1. The van der Waals surface area contributed by atoms with Crippen molar-refractivity contribution in [1.29, 1.82) is 0 Å². The molecule has 2 aliphatic heterocycles. The maximum atomic E-state index is 12.6. The highest BCUT2D eigenvalue weighted by Crippen LogP contribution is 2.36. The van der Waals surface area contributed by atoms with Gasteiger partial charge >= 0.3 is 12.1 Å². The lowest BCUT2D eigenvalue weighted by Gasteiger charge is -2.39. The Morgan fingerprint density at radius 3 is 2.78 bits per heavy atom. The van der Waals surface area contributed by atoms with Crippen LogP contribution in [0.2, 0.25) is 0 Å². The van der Waals surface area contributed by atoms with E-state index in [1.54, 1.807) is 17.5 Å². The fourth-order valence-corrected chi connectivity index (χ4v) is 4.36. The number of likely N-dealkylation sites (tertiary alicyclic amines) is 1. The third kappa shape index (κ3) is 6.50. The highest BCUT2D eigenvalue weighted by Gasteiger charge is 2.45. The molecule has 0 aliphatic carbocycles. The van der Waals surface area contributed by atoms with Crippen molar-refractivity contribution in [3.8, 4) is 0 Å². The van der Waals surface area contributed by atoms with E-state index in [2.05, 4.69) is 4.98 Å². The number of carboxylic acid groups (broad SMARTS) is 1. The van der Waals surface area contributed by atoms with Crippen LogP contribution in [0.3, 0.4) is 0 Å². The van der Waals surface area contributed by atoms with Crippen molar-refractivity contribution < 1.29 is 37.3 Å². The summed E-state index contributed by atoms with van der Waals surface area (Å²) in [5.74, 6) is -2.64. The first kappa shape index (κ1) is 24.1. The van der Waals surface area contributed by atoms with Crippen LogP contribution in [0.5, 0.6) is 0 Å². The zero-order valence-electron chi connectivity index (χ0n) is 17.1. The highest BCUT2D eigenvalue weighted by atomic mass is 32.1. The van der Waals surface area contributed by atoms with Crippen molar-refractivity contribution >= 4 is 23.2 Å². The third-order valence-electron chi connectivity index (χ3n) is 5.22. The summed E-state index contributed by atoms with van der Waals surface area (Å²) in [5.41, 5.74) is 1.61. The molecule has 4 rings (SSSR count). The SMILES string of the molecule is O=C(O)C(F)(F)F.O=C(c1ccsc1)N1CCC[C@]2(C[C@H](OCc3cccnc3)CO2)C1. The van der Waals surface area contributed by atoms with Crippen molar-refractivity contribution in [2.75, 3.05) is 19.7 Å². The van der Waals surface area contributed by atoms with Crippen molar-refractivity contribution in [3.63, 3.8) is 0 Å². The van der Waals surface area contributed by atoms with Gasteiger partial charge in [0.2, 0.25) is 0 Å². The molecular formula is C21H23F3N2O5S. The maximum Gasteiger partial charge on any atom is 0.490 e. The van der Waals surface area contributed by atoms with Crippen LogP contribution in [0, 0.1) is 0 Å². The number of thiophene rings is 1. The second kappa shape index (κ2) is 10.4. The summed E-state index contributed by atoms with van der Waals surface area (Å²) in [6, 6.07) is 5.82. The highest BCUT2D eigenvalue weighted by molar-refractivity contribution is 7.08. The third-order valence-corrected chi connectivity index (χ3v) is 5.90. The predicted octanol–water partition coefficient (Wildman–Crippen LogP) is 3.76. The number of aromatic nitrogens is 1. The lowest BCUT2D eigenvalue weighted by Crippen LogP contribution is -2.50. The number of carbonyl (C=O) groups is 2. The number of pyridine rings is 1. The first-order chi connectivity index (χ1) is 15.2. The van der Waals surface area contributed by atoms with Gasteiger partial charge in [0.25, 0.3) is 5.91 Å². The molecule has 0 saturated carbocycles. The van der Waals surface area contributed by atoms with Crippen LogP contribution in [0.15, 0.2) is 41.4 Å². The van der Waals surface area contributed by atoms with Gasteiger partial charge in [-0.25, -0.2) is 4.79 Å². The van der Waals surface area contributed by atoms with Crippen LogP contribution >= 0.6 is 11.3 Å². The smallest absolute Gasteiger partial charge is 0.475 e. The number of rotatable bonds is 4. The number of nitrogens with zero attached hydrogens (tertiary/aromatic N) is 2. The van der Waals surface area contributed by atoms with Gasteiger partial charge in [-0.1, -0.05) is 6.07 Å². The minimum Gasteiger partial charge on any atom is -0.475 e. The minimum atomic E-state index is -5.08. The molecule has 32 heavy (non-hydrogen) atoms. The van der Waals surface area contributed by atoms with Crippen molar-refractivity contribution in [2.45, 2.75) is 43.8 Å². The van der Waals surface area contributed by atoms with Crippen molar-refractivity contribution in [2.24, 2.45) is 0 Å². The molecule has 174 valence electrons. The van der Waals surface area contributed by atoms with E-state index < -0.39 is 12.1 Å². The van der Waals surface area contributed by atoms with E-state index in [1.165, 1.54) is 0 Å².